The summed E-state index contributed by atoms with van der Waals surface area (Å²) in [5, 5.41) is 4.19. The minimum atomic E-state index is -0.156. The van der Waals surface area contributed by atoms with E-state index in [1.54, 1.807) is 7.11 Å². The molecule has 162 valence electrons. The molecule has 1 aliphatic rings. The highest BCUT2D eigenvalue weighted by Gasteiger charge is 2.28. The number of fused-ring (bicyclic) bond motifs is 1. The fourth-order valence-electron chi connectivity index (χ4n) is 4.27. The Morgan fingerprint density at radius 1 is 1.19 bits per heavy atom. The first kappa shape index (κ1) is 21.0. The van der Waals surface area contributed by atoms with E-state index in [9.17, 15) is 9.59 Å². The lowest BCUT2D eigenvalue weighted by molar-refractivity contribution is -0.135. The molecule has 2 aromatic carbocycles. The van der Waals surface area contributed by atoms with Crippen molar-refractivity contribution in [2.45, 2.75) is 32.2 Å². The smallest absolute Gasteiger partial charge is 0.225 e. The molecule has 1 unspecified atom stereocenters. The number of benzene rings is 2. The Kier molecular flexibility index (Phi) is 6.55. The van der Waals surface area contributed by atoms with Crippen LogP contribution < -0.4 is 10.1 Å². The van der Waals surface area contributed by atoms with E-state index >= 15 is 0 Å². The van der Waals surface area contributed by atoms with Crippen molar-refractivity contribution in [2.75, 3.05) is 20.2 Å². The van der Waals surface area contributed by atoms with Gasteiger partial charge in [0, 0.05) is 43.2 Å². The first-order chi connectivity index (χ1) is 15.1. The van der Waals surface area contributed by atoms with Crippen LogP contribution in [0.1, 0.15) is 30.4 Å². The number of amides is 2. The lowest BCUT2D eigenvalue weighted by Gasteiger charge is -2.32. The average molecular weight is 420 g/mol. The van der Waals surface area contributed by atoms with Crippen molar-refractivity contribution in [2.24, 2.45) is 5.92 Å². The lowest BCUT2D eigenvalue weighted by atomic mass is 9.96. The summed E-state index contributed by atoms with van der Waals surface area (Å²) in [6.45, 7) is 1.68. The van der Waals surface area contributed by atoms with E-state index in [1.807, 2.05) is 53.6 Å². The predicted molar refractivity (Wildman–Crippen MR) is 121 cm³/mol. The van der Waals surface area contributed by atoms with Crippen LogP contribution in [0.5, 0.6) is 5.75 Å². The molecule has 4 rings (SSSR count). The van der Waals surface area contributed by atoms with Gasteiger partial charge in [-0.1, -0.05) is 30.3 Å². The minimum Gasteiger partial charge on any atom is -0.497 e. The number of H-pyrrole nitrogens is 1. The molecule has 6 heteroatoms. The fourth-order valence-corrected chi connectivity index (χ4v) is 4.27. The number of hydrogen-bond donors (Lipinski definition) is 2. The maximum Gasteiger partial charge on any atom is 0.225 e. The minimum absolute atomic E-state index is 0.0111. The number of aromatic nitrogens is 1. The average Bonchev–Trinajstić information content (AvgIpc) is 3.24. The zero-order chi connectivity index (χ0) is 21.6. The summed E-state index contributed by atoms with van der Waals surface area (Å²) >= 11 is 0. The topological polar surface area (TPSA) is 74.4 Å². The number of ether oxygens (including phenoxy) is 1. The highest BCUT2D eigenvalue weighted by atomic mass is 16.5. The molecule has 0 aliphatic carbocycles. The molecule has 1 aliphatic heterocycles. The molecule has 2 amide bonds. The Bertz CT molecular complexity index is 1060. The van der Waals surface area contributed by atoms with Gasteiger partial charge in [0.1, 0.15) is 5.75 Å². The van der Waals surface area contributed by atoms with Crippen LogP contribution in [0.4, 0.5) is 0 Å². The molecule has 6 nitrogen and oxygen atoms in total. The zero-order valence-electron chi connectivity index (χ0n) is 17.9. The monoisotopic (exact) mass is 419 g/mol. The third-order valence-corrected chi connectivity index (χ3v) is 6.03. The van der Waals surface area contributed by atoms with Crippen molar-refractivity contribution in [3.63, 3.8) is 0 Å². The van der Waals surface area contributed by atoms with Gasteiger partial charge in [0.25, 0.3) is 0 Å². The Morgan fingerprint density at radius 2 is 2.06 bits per heavy atom. The van der Waals surface area contributed by atoms with Gasteiger partial charge in [-0.25, -0.2) is 0 Å². The highest BCUT2D eigenvalue weighted by Crippen LogP contribution is 2.21. The number of piperidine rings is 1. The number of methoxy groups -OCH3 is 1. The first-order valence-corrected chi connectivity index (χ1v) is 10.9. The summed E-state index contributed by atoms with van der Waals surface area (Å²) in [6, 6.07) is 15.8. The number of aromatic amines is 1. The van der Waals surface area contributed by atoms with Gasteiger partial charge in [-0.05, 0) is 48.6 Å². The van der Waals surface area contributed by atoms with Crippen LogP contribution in [0.15, 0.2) is 54.7 Å². The predicted octanol–water partition coefficient (Wildman–Crippen LogP) is 3.66. The van der Waals surface area contributed by atoms with Gasteiger partial charge in [0.2, 0.25) is 11.8 Å². The fraction of sp³-hybridized carbons (Fsp3) is 0.360. The summed E-state index contributed by atoms with van der Waals surface area (Å²) in [5.74, 6) is 0.750. The van der Waals surface area contributed by atoms with Crippen LogP contribution in [-0.2, 0) is 22.6 Å². The molecular weight excluding hydrogens is 390 g/mol. The number of carbonyl (C=O) groups is 2. The van der Waals surface area contributed by atoms with Crippen molar-refractivity contribution >= 4 is 22.7 Å². The van der Waals surface area contributed by atoms with E-state index in [-0.39, 0.29) is 17.7 Å². The molecule has 0 bridgehead atoms. The van der Waals surface area contributed by atoms with Crippen molar-refractivity contribution < 1.29 is 14.3 Å². The molecule has 1 aromatic heterocycles. The lowest BCUT2D eigenvalue weighted by Crippen LogP contribution is -2.45. The SMILES string of the molecule is COc1cccc(CNC(=O)C2CCCN(C(=O)CCc3c[nH]c4ccccc34)C2)c1. The largest absolute Gasteiger partial charge is 0.497 e. The van der Waals surface area contributed by atoms with Gasteiger partial charge in [-0.15, -0.1) is 0 Å². The molecule has 2 N–H and O–H groups in total. The number of likely N-dealkylation sites (tertiary alicyclic amines) is 1. The van der Waals surface area contributed by atoms with Crippen LogP contribution in [0.3, 0.4) is 0 Å². The number of nitrogens with zero attached hydrogens (tertiary/aromatic N) is 1. The molecule has 1 fully saturated rings. The third kappa shape index (κ3) is 5.08. The second-order valence-corrected chi connectivity index (χ2v) is 8.11. The summed E-state index contributed by atoms with van der Waals surface area (Å²) in [4.78, 5) is 30.6. The maximum absolute atomic E-state index is 12.8. The molecular formula is C25H29N3O3. The van der Waals surface area contributed by atoms with Crippen LogP contribution in [0.25, 0.3) is 10.9 Å². The van der Waals surface area contributed by atoms with E-state index in [0.29, 0.717) is 25.9 Å². The molecule has 31 heavy (non-hydrogen) atoms. The third-order valence-electron chi connectivity index (χ3n) is 6.03. The van der Waals surface area contributed by atoms with E-state index in [2.05, 4.69) is 16.4 Å². The number of aryl methyl sites for hydroxylation is 1. The van der Waals surface area contributed by atoms with E-state index in [1.165, 1.54) is 5.39 Å². The zero-order valence-corrected chi connectivity index (χ0v) is 17.9. The summed E-state index contributed by atoms with van der Waals surface area (Å²) < 4.78 is 5.23. The van der Waals surface area contributed by atoms with Crippen molar-refractivity contribution in [1.29, 1.82) is 0 Å². The molecule has 2 heterocycles. The first-order valence-electron chi connectivity index (χ1n) is 10.9. The molecule has 1 saturated heterocycles. The molecule has 3 aromatic rings. The normalized spacial score (nSPS) is 16.3. The van der Waals surface area contributed by atoms with E-state index in [0.717, 1.165) is 41.8 Å². The highest BCUT2D eigenvalue weighted by molar-refractivity contribution is 5.84. The van der Waals surface area contributed by atoms with Crippen molar-refractivity contribution in [1.82, 2.24) is 15.2 Å². The van der Waals surface area contributed by atoms with Gasteiger partial charge in [0.05, 0.1) is 13.0 Å². The number of hydrogen-bond acceptors (Lipinski definition) is 3. The van der Waals surface area contributed by atoms with Crippen LogP contribution in [0.2, 0.25) is 0 Å². The Hall–Kier alpha value is -3.28. The summed E-state index contributed by atoms with van der Waals surface area (Å²) in [5.41, 5.74) is 3.25. The molecule has 1 atom stereocenters. The maximum atomic E-state index is 12.8. The van der Waals surface area contributed by atoms with Gasteiger partial charge >= 0.3 is 0 Å². The molecule has 0 spiro atoms. The Morgan fingerprint density at radius 3 is 2.94 bits per heavy atom. The second kappa shape index (κ2) is 9.69. The number of nitrogens with one attached hydrogen (secondary N) is 2. The van der Waals surface area contributed by atoms with Crippen LogP contribution in [0, 0.1) is 5.92 Å². The second-order valence-electron chi connectivity index (χ2n) is 8.11. The molecule has 0 radical (unpaired) electrons. The van der Waals surface area contributed by atoms with Gasteiger partial charge in [-0.3, -0.25) is 9.59 Å². The van der Waals surface area contributed by atoms with Gasteiger partial charge in [0.15, 0.2) is 0 Å². The summed E-state index contributed by atoms with van der Waals surface area (Å²) in [7, 11) is 1.63. The van der Waals surface area contributed by atoms with Crippen LogP contribution >= 0.6 is 0 Å². The Labute approximate surface area is 182 Å². The van der Waals surface area contributed by atoms with E-state index < -0.39 is 0 Å². The van der Waals surface area contributed by atoms with Gasteiger partial charge in [-0.2, -0.15) is 0 Å². The number of para-hydroxylation sites is 1. The van der Waals surface area contributed by atoms with Crippen LogP contribution in [-0.4, -0.2) is 41.9 Å². The number of rotatable bonds is 7. The quantitative estimate of drug-likeness (QED) is 0.614. The van der Waals surface area contributed by atoms with E-state index in [4.69, 9.17) is 4.74 Å². The van der Waals surface area contributed by atoms with Crippen molar-refractivity contribution in [3.05, 3.63) is 65.9 Å². The summed E-state index contributed by atoms with van der Waals surface area (Å²) in [6.07, 6.45) is 4.82. The molecule has 0 saturated carbocycles. The standard InChI is InChI=1S/C25H29N3O3/c1-31-21-8-4-6-18(14-21)15-27-25(30)20-7-5-13-28(17-20)24(29)12-11-19-16-26-23-10-3-2-9-22(19)23/h2-4,6,8-10,14,16,20,26H,5,7,11-13,15,17H2,1H3,(H,27,30). The Balaban J connectivity index is 1.29. The van der Waals surface area contributed by atoms with Gasteiger partial charge < -0.3 is 19.9 Å². The number of carbonyl (C=O) groups excluding carboxylic acids is 2. The van der Waals surface area contributed by atoms with Crippen molar-refractivity contribution in [3.8, 4) is 5.75 Å².